The fourth-order valence-electron chi connectivity index (χ4n) is 1.08. The van der Waals surface area contributed by atoms with Gasteiger partial charge in [0, 0.05) is 11.4 Å². The zero-order valence-corrected chi connectivity index (χ0v) is 11.2. The molecule has 0 bridgehead atoms. The molecule has 1 aromatic heterocycles. The number of rotatable bonds is 5. The highest BCUT2D eigenvalue weighted by atomic mass is 32.2. The van der Waals surface area contributed by atoms with Gasteiger partial charge in [-0.2, -0.15) is 0 Å². The van der Waals surface area contributed by atoms with Gasteiger partial charge in [-0.3, -0.25) is 0 Å². The minimum absolute atomic E-state index is 0.00593. The lowest BCUT2D eigenvalue weighted by molar-refractivity contribution is 0.0665. The van der Waals surface area contributed by atoms with Crippen molar-refractivity contribution in [2.45, 2.75) is 31.6 Å². The third-order valence-corrected chi connectivity index (χ3v) is 5.20. The second-order valence-electron chi connectivity index (χ2n) is 4.17. The Hall–Kier alpha value is -0.430. The maximum Gasteiger partial charge on any atom is 0.214 e. The summed E-state index contributed by atoms with van der Waals surface area (Å²) in [6.07, 6.45) is 0. The maximum atomic E-state index is 11.5. The van der Waals surface area contributed by atoms with Crippen LogP contribution in [0, 0.1) is 0 Å². The Labute approximate surface area is 100 Å². The Bertz CT molecular complexity index is 421. The molecule has 16 heavy (non-hydrogen) atoms. The normalized spacial score (nSPS) is 16.3. The van der Waals surface area contributed by atoms with Crippen LogP contribution in [0.5, 0.6) is 0 Å². The van der Waals surface area contributed by atoms with Gasteiger partial charge in [0.25, 0.3) is 0 Å². The minimum Gasteiger partial charge on any atom is -0.383 e. The van der Waals surface area contributed by atoms with E-state index in [1.165, 1.54) is 11.3 Å². The van der Waals surface area contributed by atoms with Crippen LogP contribution in [0.3, 0.4) is 0 Å². The van der Waals surface area contributed by atoms with E-state index < -0.39 is 20.9 Å². The Morgan fingerprint density at radius 3 is 2.62 bits per heavy atom. The quantitative estimate of drug-likeness (QED) is 0.841. The zero-order valence-electron chi connectivity index (χ0n) is 9.60. The van der Waals surface area contributed by atoms with E-state index >= 15 is 0 Å². The highest BCUT2D eigenvalue weighted by Gasteiger charge is 2.27. The van der Waals surface area contributed by atoms with Crippen LogP contribution in [0.1, 0.15) is 25.6 Å². The van der Waals surface area contributed by atoms with E-state index in [1.54, 1.807) is 26.8 Å². The lowest BCUT2D eigenvalue weighted by atomic mass is 10.1. The molecule has 1 atom stereocenters. The van der Waals surface area contributed by atoms with E-state index in [9.17, 15) is 13.5 Å². The molecule has 1 rings (SSSR count). The fraction of sp³-hybridized carbons (Fsp3) is 0.600. The molecule has 0 amide bonds. The number of nitrogens with one attached hydrogen (secondary N) is 1. The molecule has 1 aromatic rings. The third kappa shape index (κ3) is 3.28. The molecule has 0 saturated carbocycles. The van der Waals surface area contributed by atoms with Crippen LogP contribution in [0.25, 0.3) is 0 Å². The van der Waals surface area contributed by atoms with Crippen LogP contribution in [0.15, 0.2) is 17.5 Å². The SMILES string of the molecule is CC(C)S(=O)(=O)NCC(C)(O)c1cccs1. The number of thiophene rings is 1. The van der Waals surface area contributed by atoms with Gasteiger partial charge in [-0.25, -0.2) is 13.1 Å². The summed E-state index contributed by atoms with van der Waals surface area (Å²) in [4.78, 5) is 0.749. The summed E-state index contributed by atoms with van der Waals surface area (Å²) in [7, 11) is -3.33. The van der Waals surface area contributed by atoms with Crippen molar-refractivity contribution in [2.75, 3.05) is 6.54 Å². The summed E-state index contributed by atoms with van der Waals surface area (Å²) in [5.74, 6) is 0. The van der Waals surface area contributed by atoms with Crippen molar-refractivity contribution in [1.82, 2.24) is 4.72 Å². The Morgan fingerprint density at radius 1 is 1.56 bits per heavy atom. The summed E-state index contributed by atoms with van der Waals surface area (Å²) in [5, 5.41) is 11.5. The summed E-state index contributed by atoms with van der Waals surface area (Å²) in [6.45, 7) is 4.79. The smallest absolute Gasteiger partial charge is 0.214 e. The van der Waals surface area contributed by atoms with Crippen molar-refractivity contribution in [2.24, 2.45) is 0 Å². The molecule has 1 heterocycles. The average molecular weight is 263 g/mol. The summed E-state index contributed by atoms with van der Waals surface area (Å²) in [5.41, 5.74) is -1.16. The molecule has 1 unspecified atom stereocenters. The topological polar surface area (TPSA) is 66.4 Å². The monoisotopic (exact) mass is 263 g/mol. The molecule has 4 nitrogen and oxygen atoms in total. The molecule has 0 aliphatic heterocycles. The van der Waals surface area contributed by atoms with Crippen molar-refractivity contribution in [1.29, 1.82) is 0 Å². The average Bonchev–Trinajstić information content (AvgIpc) is 2.68. The predicted molar refractivity (Wildman–Crippen MR) is 65.9 cm³/mol. The maximum absolute atomic E-state index is 11.5. The van der Waals surface area contributed by atoms with Crippen molar-refractivity contribution < 1.29 is 13.5 Å². The Balaban J connectivity index is 2.69. The molecule has 0 aliphatic rings. The lowest BCUT2D eigenvalue weighted by Gasteiger charge is -2.22. The van der Waals surface area contributed by atoms with Gasteiger partial charge >= 0.3 is 0 Å². The van der Waals surface area contributed by atoms with Gasteiger partial charge in [0.1, 0.15) is 5.60 Å². The Kier molecular flexibility index (Phi) is 4.12. The van der Waals surface area contributed by atoms with Crippen molar-refractivity contribution in [3.05, 3.63) is 22.4 Å². The fourth-order valence-corrected chi connectivity index (χ4v) is 2.68. The molecule has 0 fully saturated rings. The second kappa shape index (κ2) is 4.83. The van der Waals surface area contributed by atoms with Crippen LogP contribution in [-0.2, 0) is 15.6 Å². The highest BCUT2D eigenvalue weighted by Crippen LogP contribution is 2.24. The van der Waals surface area contributed by atoms with E-state index in [0.717, 1.165) is 4.88 Å². The second-order valence-corrected chi connectivity index (χ2v) is 7.44. The highest BCUT2D eigenvalue weighted by molar-refractivity contribution is 7.90. The van der Waals surface area contributed by atoms with Crippen molar-refractivity contribution in [3.8, 4) is 0 Å². The van der Waals surface area contributed by atoms with Gasteiger partial charge in [0.2, 0.25) is 10.0 Å². The molecule has 0 spiro atoms. The van der Waals surface area contributed by atoms with Gasteiger partial charge in [0.05, 0.1) is 5.25 Å². The van der Waals surface area contributed by atoms with Crippen LogP contribution in [0.4, 0.5) is 0 Å². The first kappa shape index (κ1) is 13.6. The van der Waals surface area contributed by atoms with Crippen LogP contribution < -0.4 is 4.72 Å². The standard InChI is InChI=1S/C10H17NO3S2/c1-8(2)16(13,14)11-7-10(3,12)9-5-4-6-15-9/h4-6,8,11-12H,7H2,1-3H3. The van der Waals surface area contributed by atoms with Gasteiger partial charge in [-0.15, -0.1) is 11.3 Å². The van der Waals surface area contributed by atoms with Gasteiger partial charge in [-0.1, -0.05) is 6.07 Å². The Morgan fingerprint density at radius 2 is 2.19 bits per heavy atom. The first-order chi connectivity index (χ1) is 7.26. The molecular weight excluding hydrogens is 246 g/mol. The van der Waals surface area contributed by atoms with E-state index in [2.05, 4.69) is 4.72 Å². The van der Waals surface area contributed by atoms with Gasteiger partial charge in [-0.05, 0) is 32.2 Å². The number of aliphatic hydroxyl groups is 1. The van der Waals surface area contributed by atoms with E-state index in [1.807, 2.05) is 11.4 Å². The van der Waals surface area contributed by atoms with E-state index in [-0.39, 0.29) is 6.54 Å². The van der Waals surface area contributed by atoms with Gasteiger partial charge in [0.15, 0.2) is 0 Å². The molecule has 2 N–H and O–H groups in total. The molecule has 92 valence electrons. The van der Waals surface area contributed by atoms with Crippen LogP contribution in [-0.4, -0.2) is 25.3 Å². The first-order valence-electron chi connectivity index (χ1n) is 5.00. The lowest BCUT2D eigenvalue weighted by Crippen LogP contribution is -2.40. The van der Waals surface area contributed by atoms with Gasteiger partial charge < -0.3 is 5.11 Å². The van der Waals surface area contributed by atoms with E-state index in [4.69, 9.17) is 0 Å². The molecule has 0 radical (unpaired) electrons. The molecule has 0 aromatic carbocycles. The van der Waals surface area contributed by atoms with Crippen LogP contribution in [0.2, 0.25) is 0 Å². The molecular formula is C10H17NO3S2. The third-order valence-electron chi connectivity index (χ3n) is 2.29. The number of hydrogen-bond acceptors (Lipinski definition) is 4. The predicted octanol–water partition coefficient (Wildman–Crippen LogP) is 1.28. The summed E-state index contributed by atoms with van der Waals surface area (Å²) >= 11 is 1.40. The zero-order chi connectivity index (χ0) is 12.4. The van der Waals surface area contributed by atoms with E-state index in [0.29, 0.717) is 0 Å². The minimum atomic E-state index is -3.33. The van der Waals surface area contributed by atoms with Crippen LogP contribution >= 0.6 is 11.3 Å². The molecule has 6 heteroatoms. The van der Waals surface area contributed by atoms with Crippen molar-refractivity contribution >= 4 is 21.4 Å². The summed E-state index contributed by atoms with van der Waals surface area (Å²) in [6, 6.07) is 3.61. The first-order valence-corrected chi connectivity index (χ1v) is 7.43. The van der Waals surface area contributed by atoms with Crippen molar-refractivity contribution in [3.63, 3.8) is 0 Å². The molecule has 0 saturated heterocycles. The molecule has 0 aliphatic carbocycles. The number of sulfonamides is 1. The summed E-state index contributed by atoms with van der Waals surface area (Å²) < 4.78 is 25.5. The largest absolute Gasteiger partial charge is 0.383 e. The number of hydrogen-bond donors (Lipinski definition) is 2.